The number of H-pyrrole nitrogens is 1. The zero-order chi connectivity index (χ0) is 25.2. The smallest absolute Gasteiger partial charge is 0.323 e. The van der Waals surface area contributed by atoms with Gasteiger partial charge < -0.3 is 19.2 Å². The molecule has 0 bridgehead atoms. The summed E-state index contributed by atoms with van der Waals surface area (Å²) in [5.74, 6) is 1.40. The van der Waals surface area contributed by atoms with Gasteiger partial charge in [0.05, 0.1) is 26.4 Å². The van der Waals surface area contributed by atoms with E-state index in [1.165, 1.54) is 5.56 Å². The zero-order valence-electron chi connectivity index (χ0n) is 21.2. The molecule has 4 aromatic rings. The topological polar surface area (TPSA) is 63.8 Å². The van der Waals surface area contributed by atoms with E-state index in [0.717, 1.165) is 39.2 Å². The van der Waals surface area contributed by atoms with E-state index in [9.17, 15) is 4.79 Å². The van der Waals surface area contributed by atoms with Crippen molar-refractivity contribution in [2.24, 2.45) is 0 Å². The zero-order valence-corrected chi connectivity index (χ0v) is 21.2. The van der Waals surface area contributed by atoms with Crippen molar-refractivity contribution in [3.05, 3.63) is 95.2 Å². The second-order valence-electron chi connectivity index (χ2n) is 9.46. The molecule has 36 heavy (non-hydrogen) atoms. The van der Waals surface area contributed by atoms with Gasteiger partial charge in [-0.1, -0.05) is 42.5 Å². The van der Waals surface area contributed by atoms with Crippen molar-refractivity contribution in [3.8, 4) is 11.5 Å². The quantitative estimate of drug-likeness (QED) is 0.343. The average Bonchev–Trinajstić information content (AvgIpc) is 3.26. The number of aromatic amines is 1. The highest BCUT2D eigenvalue weighted by Gasteiger charge is 2.42. The van der Waals surface area contributed by atoms with Gasteiger partial charge in [0.2, 0.25) is 0 Å². The predicted molar refractivity (Wildman–Crippen MR) is 140 cm³/mol. The van der Waals surface area contributed by atoms with Gasteiger partial charge in [-0.25, -0.2) is 0 Å². The van der Waals surface area contributed by atoms with Crippen LogP contribution in [0.25, 0.3) is 10.9 Å². The van der Waals surface area contributed by atoms with Gasteiger partial charge >= 0.3 is 5.97 Å². The molecule has 1 aliphatic rings. The molecule has 2 atom stereocenters. The Morgan fingerprint density at radius 2 is 1.58 bits per heavy atom. The van der Waals surface area contributed by atoms with Gasteiger partial charge in [0.25, 0.3) is 0 Å². The third kappa shape index (κ3) is 4.56. The SMILES string of the molecule is COc1ccc(CN2[C@H](c3ccc(OC)cc3)c3[nH]c4ccccc4c3C[C@@H]2C(=O)OC(C)C)cc1. The van der Waals surface area contributed by atoms with Crippen LogP contribution in [-0.4, -0.2) is 42.2 Å². The molecule has 0 radical (unpaired) electrons. The van der Waals surface area contributed by atoms with Gasteiger partial charge in [-0.05, 0) is 60.9 Å². The number of nitrogens with zero attached hydrogens (tertiary/aromatic N) is 1. The fraction of sp³-hybridized carbons (Fsp3) is 0.300. The maximum absolute atomic E-state index is 13.5. The van der Waals surface area contributed by atoms with Gasteiger partial charge in [0, 0.05) is 29.6 Å². The van der Waals surface area contributed by atoms with E-state index in [0.29, 0.717) is 13.0 Å². The molecule has 0 fully saturated rings. The summed E-state index contributed by atoms with van der Waals surface area (Å²) in [6, 6.07) is 23.8. The molecule has 5 rings (SSSR count). The second-order valence-corrected chi connectivity index (χ2v) is 9.46. The van der Waals surface area contributed by atoms with Crippen LogP contribution in [0.3, 0.4) is 0 Å². The molecule has 0 saturated heterocycles. The Labute approximate surface area is 211 Å². The van der Waals surface area contributed by atoms with Crippen molar-refractivity contribution in [2.45, 2.75) is 45.0 Å². The summed E-state index contributed by atoms with van der Waals surface area (Å²) < 4.78 is 16.6. The largest absolute Gasteiger partial charge is 0.497 e. The summed E-state index contributed by atoms with van der Waals surface area (Å²) in [6.45, 7) is 4.37. The van der Waals surface area contributed by atoms with Gasteiger partial charge in [-0.15, -0.1) is 0 Å². The highest BCUT2D eigenvalue weighted by Crippen LogP contribution is 2.42. The van der Waals surface area contributed by atoms with E-state index in [2.05, 4.69) is 46.3 Å². The maximum atomic E-state index is 13.5. The molecular formula is C30H32N2O4. The van der Waals surface area contributed by atoms with E-state index >= 15 is 0 Å². The van der Waals surface area contributed by atoms with Crippen LogP contribution >= 0.6 is 0 Å². The molecule has 1 aliphatic heterocycles. The van der Waals surface area contributed by atoms with Gasteiger partial charge in [0.1, 0.15) is 17.5 Å². The molecule has 186 valence electrons. The van der Waals surface area contributed by atoms with Crippen molar-refractivity contribution >= 4 is 16.9 Å². The molecule has 2 heterocycles. The molecule has 1 aromatic heterocycles. The molecule has 0 aliphatic carbocycles. The van der Waals surface area contributed by atoms with E-state index in [1.807, 2.05) is 50.2 Å². The summed E-state index contributed by atoms with van der Waals surface area (Å²) in [5.41, 5.74) is 5.53. The minimum absolute atomic E-state index is 0.168. The lowest BCUT2D eigenvalue weighted by Crippen LogP contribution is -2.49. The molecule has 1 N–H and O–H groups in total. The fourth-order valence-corrected chi connectivity index (χ4v) is 5.15. The highest BCUT2D eigenvalue weighted by molar-refractivity contribution is 5.87. The first-order chi connectivity index (χ1) is 17.5. The van der Waals surface area contributed by atoms with Crippen molar-refractivity contribution in [2.75, 3.05) is 14.2 Å². The first-order valence-electron chi connectivity index (χ1n) is 12.3. The number of hydrogen-bond acceptors (Lipinski definition) is 5. The molecule has 0 saturated carbocycles. The molecule has 0 amide bonds. The number of rotatable bonds is 7. The van der Waals surface area contributed by atoms with Crippen LogP contribution in [0, 0.1) is 0 Å². The normalized spacial score (nSPS) is 17.7. The lowest BCUT2D eigenvalue weighted by atomic mass is 9.87. The number of benzene rings is 3. The third-order valence-electron chi connectivity index (χ3n) is 6.83. The predicted octanol–water partition coefficient (Wildman–Crippen LogP) is 5.65. The summed E-state index contributed by atoms with van der Waals surface area (Å²) >= 11 is 0. The van der Waals surface area contributed by atoms with Crippen molar-refractivity contribution in [1.29, 1.82) is 0 Å². The van der Waals surface area contributed by atoms with E-state index in [-0.39, 0.29) is 18.1 Å². The lowest BCUT2D eigenvalue weighted by Gasteiger charge is -2.41. The Bertz CT molecular complexity index is 1340. The number of carbonyl (C=O) groups excluding carboxylic acids is 1. The molecule has 0 spiro atoms. The van der Waals surface area contributed by atoms with E-state index < -0.39 is 6.04 Å². The van der Waals surface area contributed by atoms with Crippen molar-refractivity contribution in [3.63, 3.8) is 0 Å². The summed E-state index contributed by atoms with van der Waals surface area (Å²) in [6.07, 6.45) is 0.386. The maximum Gasteiger partial charge on any atom is 0.323 e. The summed E-state index contributed by atoms with van der Waals surface area (Å²) in [4.78, 5) is 19.5. The number of nitrogens with one attached hydrogen (secondary N) is 1. The Kier molecular flexibility index (Phi) is 6.70. The number of esters is 1. The van der Waals surface area contributed by atoms with E-state index in [1.54, 1.807) is 14.2 Å². The van der Waals surface area contributed by atoms with Gasteiger partial charge in [-0.2, -0.15) is 0 Å². The number of hydrogen-bond donors (Lipinski definition) is 1. The minimum Gasteiger partial charge on any atom is -0.497 e. The number of fused-ring (bicyclic) bond motifs is 3. The number of methoxy groups -OCH3 is 2. The minimum atomic E-state index is -0.437. The van der Waals surface area contributed by atoms with Crippen LogP contribution in [0.5, 0.6) is 11.5 Å². The number of carbonyl (C=O) groups is 1. The summed E-state index contributed by atoms with van der Waals surface area (Å²) in [7, 11) is 3.33. The Hall–Kier alpha value is -3.77. The van der Waals surface area contributed by atoms with Gasteiger partial charge in [-0.3, -0.25) is 9.69 Å². The molecule has 0 unspecified atom stereocenters. The number of ether oxygens (including phenoxy) is 3. The Morgan fingerprint density at radius 1 is 0.944 bits per heavy atom. The first-order valence-corrected chi connectivity index (χ1v) is 12.3. The van der Waals surface area contributed by atoms with Crippen LogP contribution < -0.4 is 9.47 Å². The number of para-hydroxylation sites is 1. The first kappa shape index (κ1) is 23.9. The third-order valence-corrected chi connectivity index (χ3v) is 6.83. The second kappa shape index (κ2) is 10.1. The van der Waals surface area contributed by atoms with Crippen LogP contribution in [0.4, 0.5) is 0 Å². The van der Waals surface area contributed by atoms with E-state index in [4.69, 9.17) is 14.2 Å². The molecule has 3 aromatic carbocycles. The Morgan fingerprint density at radius 3 is 2.22 bits per heavy atom. The molecule has 6 nitrogen and oxygen atoms in total. The Balaban J connectivity index is 1.66. The van der Waals surface area contributed by atoms with Crippen molar-refractivity contribution < 1.29 is 19.0 Å². The lowest BCUT2D eigenvalue weighted by molar-refractivity contribution is -0.155. The van der Waals surface area contributed by atoms with Gasteiger partial charge in [0.15, 0.2) is 0 Å². The monoisotopic (exact) mass is 484 g/mol. The molecular weight excluding hydrogens is 452 g/mol. The van der Waals surface area contributed by atoms with Crippen LogP contribution in [0.1, 0.15) is 42.3 Å². The fourth-order valence-electron chi connectivity index (χ4n) is 5.15. The highest BCUT2D eigenvalue weighted by atomic mass is 16.5. The average molecular weight is 485 g/mol. The van der Waals surface area contributed by atoms with Crippen molar-refractivity contribution in [1.82, 2.24) is 9.88 Å². The summed E-state index contributed by atoms with van der Waals surface area (Å²) in [5, 5.41) is 1.15. The van der Waals surface area contributed by atoms with Crippen LogP contribution in [-0.2, 0) is 22.5 Å². The van der Waals surface area contributed by atoms with Crippen LogP contribution in [0.2, 0.25) is 0 Å². The standard InChI is InChI=1S/C30H32N2O4/c1-19(2)36-30(33)27-17-25-24-7-5-6-8-26(24)31-28(25)29(21-11-15-23(35-4)16-12-21)32(27)18-20-9-13-22(34-3)14-10-20/h5-16,19,27,29,31H,17-18H2,1-4H3/t27-,29-/m1/s1. The molecule has 6 heteroatoms. The van der Waals surface area contributed by atoms with Crippen LogP contribution in [0.15, 0.2) is 72.8 Å². The number of aromatic nitrogens is 1.